The Balaban J connectivity index is 1.99. The van der Waals surface area contributed by atoms with E-state index in [1.165, 1.54) is 29.2 Å². The summed E-state index contributed by atoms with van der Waals surface area (Å²) in [7, 11) is 0. The molecule has 7 nitrogen and oxygen atoms in total. The quantitative estimate of drug-likeness (QED) is 0.516. The van der Waals surface area contributed by atoms with Crippen molar-refractivity contribution in [3.8, 4) is 0 Å². The van der Waals surface area contributed by atoms with Crippen LogP contribution in [0.3, 0.4) is 0 Å². The SMILES string of the molecule is Cc1nnc(SCC(=O)Nc2cccc([N+](=O)[O-])c2C)s1. The Kier molecular flexibility index (Phi) is 4.86. The van der Waals surface area contributed by atoms with Crippen molar-refractivity contribution in [1.29, 1.82) is 0 Å². The van der Waals surface area contributed by atoms with Gasteiger partial charge in [0.2, 0.25) is 5.91 Å². The molecule has 21 heavy (non-hydrogen) atoms. The van der Waals surface area contributed by atoms with Crippen LogP contribution in [0.1, 0.15) is 10.6 Å². The Morgan fingerprint density at radius 2 is 2.19 bits per heavy atom. The smallest absolute Gasteiger partial charge is 0.274 e. The van der Waals surface area contributed by atoms with Crippen LogP contribution in [0.4, 0.5) is 11.4 Å². The number of anilines is 1. The predicted octanol–water partition coefficient (Wildman–Crippen LogP) is 2.79. The topological polar surface area (TPSA) is 98.0 Å². The number of hydrogen-bond donors (Lipinski definition) is 1. The molecule has 1 aromatic heterocycles. The van der Waals surface area contributed by atoms with Crippen molar-refractivity contribution >= 4 is 40.4 Å². The van der Waals surface area contributed by atoms with E-state index in [9.17, 15) is 14.9 Å². The highest BCUT2D eigenvalue weighted by Crippen LogP contribution is 2.26. The second-order valence-electron chi connectivity index (χ2n) is 4.13. The maximum Gasteiger partial charge on any atom is 0.274 e. The molecular weight excluding hydrogens is 312 g/mol. The minimum absolute atomic E-state index is 0.0137. The second-order valence-corrected chi connectivity index (χ2v) is 6.53. The monoisotopic (exact) mass is 324 g/mol. The molecule has 0 aliphatic rings. The number of aromatic nitrogens is 2. The van der Waals surface area contributed by atoms with Crippen molar-refractivity contribution in [1.82, 2.24) is 10.2 Å². The maximum absolute atomic E-state index is 11.9. The summed E-state index contributed by atoms with van der Waals surface area (Å²) in [6, 6.07) is 4.59. The Bertz CT molecular complexity index is 687. The minimum Gasteiger partial charge on any atom is -0.325 e. The molecule has 2 rings (SSSR count). The van der Waals surface area contributed by atoms with Crippen LogP contribution in [0.2, 0.25) is 0 Å². The van der Waals surface area contributed by atoms with Gasteiger partial charge in [-0.2, -0.15) is 0 Å². The molecule has 0 fully saturated rings. The molecule has 0 saturated carbocycles. The molecule has 2 aromatic rings. The van der Waals surface area contributed by atoms with Gasteiger partial charge in [-0.3, -0.25) is 14.9 Å². The number of carbonyl (C=O) groups excluding carboxylic acids is 1. The lowest BCUT2D eigenvalue weighted by Crippen LogP contribution is -2.15. The van der Waals surface area contributed by atoms with Crippen molar-refractivity contribution < 1.29 is 9.72 Å². The molecule has 0 bridgehead atoms. The summed E-state index contributed by atoms with van der Waals surface area (Å²) >= 11 is 2.70. The van der Waals surface area contributed by atoms with Gasteiger partial charge < -0.3 is 5.32 Å². The van der Waals surface area contributed by atoms with Gasteiger partial charge in [0.1, 0.15) is 5.01 Å². The lowest BCUT2D eigenvalue weighted by Gasteiger charge is -2.07. The zero-order valence-corrected chi connectivity index (χ0v) is 13.0. The number of carbonyl (C=O) groups is 1. The first kappa shape index (κ1) is 15.4. The lowest BCUT2D eigenvalue weighted by atomic mass is 10.1. The number of nitrogens with one attached hydrogen (secondary N) is 1. The van der Waals surface area contributed by atoms with Gasteiger partial charge in [-0.05, 0) is 19.9 Å². The molecule has 1 N–H and O–H groups in total. The number of benzene rings is 1. The van der Waals surface area contributed by atoms with Crippen LogP contribution in [-0.2, 0) is 4.79 Å². The van der Waals surface area contributed by atoms with Gasteiger partial charge in [-0.25, -0.2) is 0 Å². The first-order chi connectivity index (χ1) is 9.97. The highest BCUT2D eigenvalue weighted by Gasteiger charge is 2.15. The van der Waals surface area contributed by atoms with Gasteiger partial charge in [0.05, 0.1) is 21.9 Å². The van der Waals surface area contributed by atoms with Crippen molar-refractivity contribution in [3.05, 3.63) is 38.9 Å². The van der Waals surface area contributed by atoms with E-state index >= 15 is 0 Å². The number of nitro groups is 1. The fourth-order valence-electron chi connectivity index (χ4n) is 1.61. The first-order valence-corrected chi connectivity index (χ1v) is 7.74. The van der Waals surface area contributed by atoms with Gasteiger partial charge in [0.15, 0.2) is 4.34 Å². The molecule has 1 amide bonds. The summed E-state index contributed by atoms with van der Waals surface area (Å²) in [6.07, 6.45) is 0. The Morgan fingerprint density at radius 1 is 1.43 bits per heavy atom. The van der Waals surface area contributed by atoms with E-state index in [2.05, 4.69) is 15.5 Å². The summed E-state index contributed by atoms with van der Waals surface area (Å²) in [4.78, 5) is 22.3. The van der Waals surface area contributed by atoms with Gasteiger partial charge in [-0.1, -0.05) is 29.2 Å². The van der Waals surface area contributed by atoms with E-state index in [0.29, 0.717) is 11.3 Å². The summed E-state index contributed by atoms with van der Waals surface area (Å²) in [5, 5.41) is 22.1. The van der Waals surface area contributed by atoms with E-state index in [4.69, 9.17) is 0 Å². The van der Waals surface area contributed by atoms with Gasteiger partial charge in [-0.15, -0.1) is 10.2 Å². The number of hydrogen-bond acceptors (Lipinski definition) is 7. The van der Waals surface area contributed by atoms with E-state index in [0.717, 1.165) is 9.35 Å². The maximum atomic E-state index is 11.9. The molecule has 0 unspecified atom stereocenters. The van der Waals surface area contributed by atoms with Crippen LogP contribution in [0.5, 0.6) is 0 Å². The Morgan fingerprint density at radius 3 is 2.81 bits per heavy atom. The van der Waals surface area contributed by atoms with Crippen LogP contribution in [0.25, 0.3) is 0 Å². The molecule has 0 atom stereocenters. The zero-order valence-electron chi connectivity index (χ0n) is 11.3. The number of nitrogens with zero attached hydrogens (tertiary/aromatic N) is 3. The number of aryl methyl sites for hydroxylation is 1. The van der Waals surface area contributed by atoms with Crippen LogP contribution < -0.4 is 5.32 Å². The van der Waals surface area contributed by atoms with E-state index in [1.54, 1.807) is 19.1 Å². The van der Waals surface area contributed by atoms with Crippen LogP contribution in [-0.4, -0.2) is 26.8 Å². The normalized spacial score (nSPS) is 10.4. The number of amides is 1. The highest BCUT2D eigenvalue weighted by molar-refractivity contribution is 8.01. The number of nitro benzene ring substituents is 1. The van der Waals surface area contributed by atoms with Crippen molar-refractivity contribution in [3.63, 3.8) is 0 Å². The Hall–Kier alpha value is -2.00. The molecule has 110 valence electrons. The lowest BCUT2D eigenvalue weighted by molar-refractivity contribution is -0.385. The first-order valence-electron chi connectivity index (χ1n) is 5.94. The van der Waals surface area contributed by atoms with Crippen molar-refractivity contribution in [2.75, 3.05) is 11.1 Å². The zero-order chi connectivity index (χ0) is 15.4. The largest absolute Gasteiger partial charge is 0.325 e. The van der Waals surface area contributed by atoms with Gasteiger partial charge in [0, 0.05) is 6.07 Å². The molecular formula is C12H12N4O3S2. The van der Waals surface area contributed by atoms with Crippen molar-refractivity contribution in [2.45, 2.75) is 18.2 Å². The number of rotatable bonds is 5. The third-order valence-corrected chi connectivity index (χ3v) is 4.58. The van der Waals surface area contributed by atoms with E-state index < -0.39 is 4.92 Å². The van der Waals surface area contributed by atoms with Crippen molar-refractivity contribution in [2.24, 2.45) is 0 Å². The highest BCUT2D eigenvalue weighted by atomic mass is 32.2. The molecule has 0 aliphatic heterocycles. The molecule has 0 spiro atoms. The van der Waals surface area contributed by atoms with Crippen LogP contribution in [0, 0.1) is 24.0 Å². The predicted molar refractivity (Wildman–Crippen MR) is 81.8 cm³/mol. The molecule has 0 aliphatic carbocycles. The molecule has 1 aromatic carbocycles. The summed E-state index contributed by atoms with van der Waals surface area (Å²) in [5.74, 6) is -0.0621. The third kappa shape index (κ3) is 3.99. The summed E-state index contributed by atoms with van der Waals surface area (Å²) in [5.41, 5.74) is 0.871. The molecule has 1 heterocycles. The molecule has 0 saturated heterocycles. The van der Waals surface area contributed by atoms with Crippen LogP contribution >= 0.6 is 23.1 Å². The Labute approximate surface area is 128 Å². The van der Waals surface area contributed by atoms with E-state index in [1.807, 2.05) is 6.92 Å². The third-order valence-electron chi connectivity index (χ3n) is 2.61. The fraction of sp³-hybridized carbons (Fsp3) is 0.250. The average Bonchev–Trinajstić information content (AvgIpc) is 2.84. The minimum atomic E-state index is -0.468. The molecule has 9 heteroatoms. The van der Waals surface area contributed by atoms with Crippen LogP contribution in [0.15, 0.2) is 22.5 Å². The second kappa shape index (κ2) is 6.64. The van der Waals surface area contributed by atoms with Gasteiger partial charge >= 0.3 is 0 Å². The van der Waals surface area contributed by atoms with E-state index in [-0.39, 0.29) is 17.3 Å². The average molecular weight is 324 g/mol. The summed E-state index contributed by atoms with van der Waals surface area (Å²) in [6.45, 7) is 3.45. The summed E-state index contributed by atoms with van der Waals surface area (Å²) < 4.78 is 0.721. The number of thioether (sulfide) groups is 1. The molecule has 0 radical (unpaired) electrons. The standard InChI is InChI=1S/C12H12N4O3S2/c1-7-9(4-3-5-10(7)16(18)19)13-11(17)6-20-12-15-14-8(2)21-12/h3-5H,6H2,1-2H3,(H,13,17). The fourth-order valence-corrected chi connectivity index (χ4v) is 3.22. The van der Waals surface area contributed by atoms with Gasteiger partial charge in [0.25, 0.3) is 5.69 Å².